The maximum absolute atomic E-state index is 12.4. The van der Waals surface area contributed by atoms with Crippen LogP contribution < -0.4 is 5.32 Å². The normalized spacial score (nSPS) is 19.8. The van der Waals surface area contributed by atoms with Crippen LogP contribution in [-0.2, 0) is 11.3 Å². The first-order valence-corrected chi connectivity index (χ1v) is 7.12. The lowest BCUT2D eigenvalue weighted by molar-refractivity contribution is -0.135. The van der Waals surface area contributed by atoms with Gasteiger partial charge in [0.15, 0.2) is 0 Å². The van der Waals surface area contributed by atoms with Crippen LogP contribution in [0.3, 0.4) is 0 Å². The zero-order valence-electron chi connectivity index (χ0n) is 10.5. The molecule has 1 aliphatic rings. The Morgan fingerprint density at radius 3 is 3.00 bits per heavy atom. The standard InChI is InChI=1S/C13H20N2OS/c1-10(2)15(9-11-5-4-8-17-11)13(16)12-6-3-7-14-12/h4-5,8,10,12,14H,3,6-7,9H2,1-2H3. The van der Waals surface area contributed by atoms with E-state index in [0.29, 0.717) is 0 Å². The van der Waals surface area contributed by atoms with Gasteiger partial charge in [-0.3, -0.25) is 4.79 Å². The van der Waals surface area contributed by atoms with Crippen molar-refractivity contribution in [1.29, 1.82) is 0 Å². The minimum absolute atomic E-state index is 0.0392. The molecule has 0 bridgehead atoms. The number of carbonyl (C=O) groups is 1. The second kappa shape index (κ2) is 5.65. The van der Waals surface area contributed by atoms with E-state index in [-0.39, 0.29) is 18.0 Å². The summed E-state index contributed by atoms with van der Waals surface area (Å²) in [4.78, 5) is 15.6. The number of thiophene rings is 1. The van der Waals surface area contributed by atoms with E-state index in [1.54, 1.807) is 11.3 Å². The fourth-order valence-corrected chi connectivity index (χ4v) is 2.88. The highest BCUT2D eigenvalue weighted by atomic mass is 32.1. The number of nitrogens with one attached hydrogen (secondary N) is 1. The maximum Gasteiger partial charge on any atom is 0.240 e. The Labute approximate surface area is 107 Å². The molecule has 2 heterocycles. The van der Waals surface area contributed by atoms with Crippen LogP contribution in [0.1, 0.15) is 31.6 Å². The summed E-state index contributed by atoms with van der Waals surface area (Å²) < 4.78 is 0. The third kappa shape index (κ3) is 3.07. The molecule has 0 saturated carbocycles. The van der Waals surface area contributed by atoms with Crippen molar-refractivity contribution >= 4 is 17.2 Å². The highest BCUT2D eigenvalue weighted by Crippen LogP contribution is 2.17. The van der Waals surface area contributed by atoms with E-state index in [2.05, 4.69) is 30.6 Å². The molecule has 1 aromatic rings. The summed E-state index contributed by atoms with van der Waals surface area (Å²) in [6, 6.07) is 4.43. The van der Waals surface area contributed by atoms with Crippen LogP contribution in [0.5, 0.6) is 0 Å². The Balaban J connectivity index is 2.03. The Kier molecular flexibility index (Phi) is 4.18. The molecule has 4 heteroatoms. The average molecular weight is 252 g/mol. The van der Waals surface area contributed by atoms with E-state index in [9.17, 15) is 4.79 Å². The van der Waals surface area contributed by atoms with Gasteiger partial charge in [-0.25, -0.2) is 0 Å². The number of rotatable bonds is 4. The Hall–Kier alpha value is -0.870. The van der Waals surface area contributed by atoms with Crippen molar-refractivity contribution in [2.24, 2.45) is 0 Å². The van der Waals surface area contributed by atoms with Gasteiger partial charge in [-0.05, 0) is 44.7 Å². The van der Waals surface area contributed by atoms with E-state index >= 15 is 0 Å². The molecule has 2 rings (SSSR count). The largest absolute Gasteiger partial charge is 0.334 e. The molecule has 0 aromatic carbocycles. The lowest BCUT2D eigenvalue weighted by atomic mass is 10.1. The molecule has 94 valence electrons. The predicted octanol–water partition coefficient (Wildman–Crippen LogP) is 2.24. The molecule has 0 radical (unpaired) electrons. The van der Waals surface area contributed by atoms with Crippen LogP contribution >= 0.6 is 11.3 Å². The monoisotopic (exact) mass is 252 g/mol. The van der Waals surface area contributed by atoms with Gasteiger partial charge in [0.25, 0.3) is 0 Å². The van der Waals surface area contributed by atoms with Crippen LogP contribution in [0.2, 0.25) is 0 Å². The quantitative estimate of drug-likeness (QED) is 0.891. The van der Waals surface area contributed by atoms with E-state index < -0.39 is 0 Å². The van der Waals surface area contributed by atoms with Crippen LogP contribution in [0.15, 0.2) is 17.5 Å². The highest BCUT2D eigenvalue weighted by molar-refractivity contribution is 7.09. The lowest BCUT2D eigenvalue weighted by Gasteiger charge is -2.29. The number of hydrogen-bond acceptors (Lipinski definition) is 3. The van der Waals surface area contributed by atoms with Gasteiger partial charge in [0.2, 0.25) is 5.91 Å². The first-order chi connectivity index (χ1) is 8.18. The van der Waals surface area contributed by atoms with E-state index in [1.165, 1.54) is 4.88 Å². The van der Waals surface area contributed by atoms with Gasteiger partial charge < -0.3 is 10.2 Å². The Morgan fingerprint density at radius 2 is 2.47 bits per heavy atom. The summed E-state index contributed by atoms with van der Waals surface area (Å²) in [7, 11) is 0. The van der Waals surface area contributed by atoms with Crippen molar-refractivity contribution in [2.45, 2.75) is 45.3 Å². The zero-order chi connectivity index (χ0) is 12.3. The smallest absolute Gasteiger partial charge is 0.240 e. The van der Waals surface area contributed by atoms with Crippen molar-refractivity contribution in [1.82, 2.24) is 10.2 Å². The molecule has 1 N–H and O–H groups in total. The Bertz CT molecular complexity index is 356. The SMILES string of the molecule is CC(C)N(Cc1cccs1)C(=O)C1CCCN1. The van der Waals surface area contributed by atoms with Crippen LogP contribution in [0.4, 0.5) is 0 Å². The molecule has 0 spiro atoms. The first-order valence-electron chi connectivity index (χ1n) is 6.24. The molecule has 1 fully saturated rings. The molecule has 1 atom stereocenters. The van der Waals surface area contributed by atoms with Crippen molar-refractivity contribution in [3.05, 3.63) is 22.4 Å². The average Bonchev–Trinajstić information content (AvgIpc) is 2.97. The zero-order valence-corrected chi connectivity index (χ0v) is 11.3. The molecule has 3 nitrogen and oxygen atoms in total. The molecule has 1 aromatic heterocycles. The summed E-state index contributed by atoms with van der Waals surface area (Å²) in [5.41, 5.74) is 0. The van der Waals surface area contributed by atoms with Gasteiger partial charge in [0.1, 0.15) is 0 Å². The summed E-state index contributed by atoms with van der Waals surface area (Å²) >= 11 is 1.71. The van der Waals surface area contributed by atoms with Crippen LogP contribution in [0, 0.1) is 0 Å². The second-order valence-electron chi connectivity index (χ2n) is 4.79. The molecule has 1 aliphatic heterocycles. The summed E-state index contributed by atoms with van der Waals surface area (Å²) in [5.74, 6) is 0.255. The molecular formula is C13H20N2OS. The number of amides is 1. The highest BCUT2D eigenvalue weighted by Gasteiger charge is 2.28. The van der Waals surface area contributed by atoms with Crippen molar-refractivity contribution in [3.63, 3.8) is 0 Å². The van der Waals surface area contributed by atoms with Crippen LogP contribution in [0.25, 0.3) is 0 Å². The fourth-order valence-electron chi connectivity index (χ4n) is 2.18. The first kappa shape index (κ1) is 12.6. The minimum atomic E-state index is 0.0392. The molecule has 1 unspecified atom stereocenters. The minimum Gasteiger partial charge on any atom is -0.334 e. The third-order valence-electron chi connectivity index (χ3n) is 3.17. The van der Waals surface area contributed by atoms with Crippen molar-refractivity contribution < 1.29 is 4.79 Å². The molecular weight excluding hydrogens is 232 g/mol. The topological polar surface area (TPSA) is 32.3 Å². The predicted molar refractivity (Wildman–Crippen MR) is 71.0 cm³/mol. The van der Waals surface area contributed by atoms with Gasteiger partial charge in [-0.15, -0.1) is 11.3 Å². The van der Waals surface area contributed by atoms with Gasteiger partial charge in [-0.2, -0.15) is 0 Å². The van der Waals surface area contributed by atoms with E-state index in [0.717, 1.165) is 25.9 Å². The summed E-state index contributed by atoms with van der Waals surface area (Å²) in [6.07, 6.45) is 2.09. The van der Waals surface area contributed by atoms with Gasteiger partial charge in [0.05, 0.1) is 12.6 Å². The van der Waals surface area contributed by atoms with Crippen molar-refractivity contribution in [2.75, 3.05) is 6.54 Å². The number of hydrogen-bond donors (Lipinski definition) is 1. The fraction of sp³-hybridized carbons (Fsp3) is 0.615. The van der Waals surface area contributed by atoms with Gasteiger partial charge in [0, 0.05) is 10.9 Å². The molecule has 17 heavy (non-hydrogen) atoms. The number of carbonyl (C=O) groups excluding carboxylic acids is 1. The lowest BCUT2D eigenvalue weighted by Crippen LogP contribution is -2.46. The summed E-state index contributed by atoms with van der Waals surface area (Å²) in [6.45, 7) is 5.88. The molecule has 1 saturated heterocycles. The van der Waals surface area contributed by atoms with Gasteiger partial charge >= 0.3 is 0 Å². The second-order valence-corrected chi connectivity index (χ2v) is 5.82. The molecule has 1 amide bonds. The van der Waals surface area contributed by atoms with Crippen LogP contribution in [-0.4, -0.2) is 29.4 Å². The van der Waals surface area contributed by atoms with E-state index in [4.69, 9.17) is 0 Å². The third-order valence-corrected chi connectivity index (χ3v) is 4.03. The summed E-state index contributed by atoms with van der Waals surface area (Å²) in [5, 5.41) is 5.35. The van der Waals surface area contributed by atoms with Crippen molar-refractivity contribution in [3.8, 4) is 0 Å². The maximum atomic E-state index is 12.4. The van der Waals surface area contributed by atoms with E-state index in [1.807, 2.05) is 11.0 Å². The van der Waals surface area contributed by atoms with Gasteiger partial charge in [-0.1, -0.05) is 6.07 Å². The number of nitrogens with zero attached hydrogens (tertiary/aromatic N) is 1. The Morgan fingerprint density at radius 1 is 1.65 bits per heavy atom. The molecule has 0 aliphatic carbocycles.